The van der Waals surface area contributed by atoms with E-state index < -0.39 is 0 Å². The molecule has 1 heterocycles. The molecule has 29 heavy (non-hydrogen) atoms. The number of carbonyl (C=O) groups excluding carboxylic acids is 1. The number of carbonyl (C=O) groups is 1. The lowest BCUT2D eigenvalue weighted by Gasteiger charge is -2.23. The Morgan fingerprint density at radius 2 is 2.00 bits per heavy atom. The third kappa shape index (κ3) is 4.67. The largest absolute Gasteiger partial charge is 0.496 e. The molecule has 2 aliphatic rings. The molecule has 6 heteroatoms. The number of hydrogen-bond donors (Lipinski definition) is 1. The molecule has 0 aliphatic heterocycles. The molecule has 1 aromatic carbocycles. The molecule has 154 valence electrons. The Hall–Kier alpha value is -1.85. The Kier molecular flexibility index (Phi) is 6.56. The zero-order valence-electron chi connectivity index (χ0n) is 16.8. The van der Waals surface area contributed by atoms with Crippen LogP contribution in [0, 0.1) is 0 Å². The summed E-state index contributed by atoms with van der Waals surface area (Å²) in [4.78, 5) is 19.3. The summed E-state index contributed by atoms with van der Waals surface area (Å²) in [5.74, 6) is 0.759. The maximum atomic E-state index is 13.2. The van der Waals surface area contributed by atoms with Crippen LogP contribution in [0.25, 0.3) is 0 Å². The number of thiophene rings is 1. The van der Waals surface area contributed by atoms with Gasteiger partial charge in [0.05, 0.1) is 12.7 Å². The van der Waals surface area contributed by atoms with Crippen molar-refractivity contribution in [3.63, 3.8) is 0 Å². The van der Waals surface area contributed by atoms with Crippen LogP contribution in [-0.2, 0) is 12.8 Å². The summed E-state index contributed by atoms with van der Waals surface area (Å²) >= 11 is 7.81. The monoisotopic (exact) mass is 430 g/mol. The van der Waals surface area contributed by atoms with Crippen LogP contribution >= 0.6 is 22.9 Å². The summed E-state index contributed by atoms with van der Waals surface area (Å²) in [6.45, 7) is 0. The fourth-order valence-corrected chi connectivity index (χ4v) is 5.73. The first-order valence-corrected chi connectivity index (χ1v) is 11.7. The number of methoxy groups -OCH3 is 1. The lowest BCUT2D eigenvalue weighted by atomic mass is 9.93. The third-order valence-corrected chi connectivity index (χ3v) is 7.27. The highest BCUT2D eigenvalue weighted by molar-refractivity contribution is 7.16. The number of benzene rings is 1. The number of rotatable bonds is 5. The van der Waals surface area contributed by atoms with Crippen LogP contribution in [0.4, 0.5) is 5.00 Å². The number of fused-ring (bicyclic) bond motifs is 1. The van der Waals surface area contributed by atoms with Gasteiger partial charge >= 0.3 is 0 Å². The van der Waals surface area contributed by atoms with Crippen LogP contribution in [0.2, 0.25) is 5.02 Å². The average molecular weight is 431 g/mol. The van der Waals surface area contributed by atoms with Crippen LogP contribution in [0.1, 0.15) is 71.3 Å². The Bertz CT molecular complexity index is 916. The van der Waals surface area contributed by atoms with Crippen LogP contribution in [-0.4, -0.2) is 25.3 Å². The normalized spacial score (nSPS) is 17.3. The first-order valence-electron chi connectivity index (χ1n) is 10.5. The molecule has 0 saturated heterocycles. The van der Waals surface area contributed by atoms with E-state index in [0.29, 0.717) is 16.8 Å². The molecule has 1 amide bonds. The minimum Gasteiger partial charge on any atom is -0.496 e. The predicted octanol–water partition coefficient (Wildman–Crippen LogP) is 6.10. The molecule has 1 saturated carbocycles. The summed E-state index contributed by atoms with van der Waals surface area (Å²) < 4.78 is 5.42. The van der Waals surface area contributed by atoms with Crippen LogP contribution < -0.4 is 10.1 Å². The zero-order valence-corrected chi connectivity index (χ0v) is 18.4. The van der Waals surface area contributed by atoms with Crippen LogP contribution in [0.3, 0.4) is 0 Å². The molecule has 2 aliphatic carbocycles. The van der Waals surface area contributed by atoms with E-state index in [1.54, 1.807) is 30.7 Å². The molecule has 0 unspecified atom stereocenters. The van der Waals surface area contributed by atoms with Crippen molar-refractivity contribution >= 4 is 40.1 Å². The fraction of sp³-hybridized carbons (Fsp3) is 0.478. The molecule has 2 aromatic rings. The van der Waals surface area contributed by atoms with Crippen LogP contribution in [0.5, 0.6) is 5.75 Å². The second kappa shape index (κ2) is 9.31. The molecule has 0 bridgehead atoms. The van der Waals surface area contributed by atoms with Gasteiger partial charge in [0.1, 0.15) is 10.8 Å². The Morgan fingerprint density at radius 1 is 1.21 bits per heavy atom. The molecule has 1 fully saturated rings. The molecule has 0 spiro atoms. The maximum Gasteiger partial charge on any atom is 0.254 e. The summed E-state index contributed by atoms with van der Waals surface area (Å²) in [7, 11) is 1.63. The number of aliphatic imine (C=N–C) groups is 1. The Balaban J connectivity index is 1.65. The average Bonchev–Trinajstić information content (AvgIpc) is 3.11. The van der Waals surface area contributed by atoms with Gasteiger partial charge in [-0.2, -0.15) is 0 Å². The standard InChI is InChI=1S/C23H27ClN2O2S/c1-28-19-12-11-16(24)13-15(19)14-25-23-21(18-9-5-6-10-20(18)29-23)22(27)26-17-7-3-2-4-8-17/h11-14,17H,2-10H2,1H3,(H,26,27). The smallest absolute Gasteiger partial charge is 0.254 e. The van der Waals surface area contributed by atoms with Gasteiger partial charge in [0.25, 0.3) is 5.91 Å². The van der Waals surface area contributed by atoms with Crippen LogP contribution in [0.15, 0.2) is 23.2 Å². The van der Waals surface area contributed by atoms with E-state index in [1.165, 1.54) is 36.1 Å². The number of halogens is 1. The van der Waals surface area contributed by atoms with E-state index >= 15 is 0 Å². The molecule has 4 rings (SSSR count). The Morgan fingerprint density at radius 3 is 2.79 bits per heavy atom. The van der Waals surface area contributed by atoms with Gasteiger partial charge < -0.3 is 10.1 Å². The first kappa shape index (κ1) is 20.4. The molecule has 0 radical (unpaired) electrons. The van der Waals surface area contributed by atoms with Crippen molar-refractivity contribution in [2.45, 2.75) is 63.8 Å². The molecule has 1 aromatic heterocycles. The summed E-state index contributed by atoms with van der Waals surface area (Å²) in [6, 6.07) is 5.75. The number of nitrogens with zero attached hydrogens (tertiary/aromatic N) is 1. The van der Waals surface area contributed by atoms with E-state index in [0.717, 1.165) is 48.2 Å². The molecular weight excluding hydrogens is 404 g/mol. The second-order valence-corrected chi connectivity index (χ2v) is 9.36. The summed E-state index contributed by atoms with van der Waals surface area (Å²) in [6.07, 6.45) is 11.9. The second-order valence-electron chi connectivity index (χ2n) is 7.84. The minimum absolute atomic E-state index is 0.0431. The third-order valence-electron chi connectivity index (χ3n) is 5.83. The number of hydrogen-bond acceptors (Lipinski definition) is 4. The van der Waals surface area contributed by atoms with Crippen molar-refractivity contribution in [1.82, 2.24) is 5.32 Å². The molecule has 0 atom stereocenters. The SMILES string of the molecule is COc1ccc(Cl)cc1C=Nc1sc2c(c1C(=O)NC1CCCCC1)CCCC2. The summed E-state index contributed by atoms with van der Waals surface area (Å²) in [5.41, 5.74) is 2.80. The lowest BCUT2D eigenvalue weighted by Crippen LogP contribution is -2.36. The topological polar surface area (TPSA) is 50.7 Å². The quantitative estimate of drug-likeness (QED) is 0.582. The van der Waals surface area contributed by atoms with Gasteiger partial charge in [0.2, 0.25) is 0 Å². The maximum absolute atomic E-state index is 13.2. The number of ether oxygens (including phenoxy) is 1. The van der Waals surface area contributed by atoms with Gasteiger partial charge in [-0.3, -0.25) is 4.79 Å². The van der Waals surface area contributed by atoms with Crippen molar-refractivity contribution in [2.24, 2.45) is 4.99 Å². The van der Waals surface area contributed by atoms with E-state index in [2.05, 4.69) is 5.32 Å². The van der Waals surface area contributed by atoms with E-state index in [1.807, 2.05) is 12.1 Å². The van der Waals surface area contributed by atoms with E-state index in [4.69, 9.17) is 21.3 Å². The van der Waals surface area contributed by atoms with E-state index in [9.17, 15) is 4.79 Å². The molecule has 1 N–H and O–H groups in total. The van der Waals surface area contributed by atoms with Gasteiger partial charge in [0, 0.05) is 27.7 Å². The Labute approximate surface area is 181 Å². The number of aryl methyl sites for hydroxylation is 1. The highest BCUT2D eigenvalue weighted by Crippen LogP contribution is 2.40. The minimum atomic E-state index is 0.0431. The highest BCUT2D eigenvalue weighted by atomic mass is 35.5. The summed E-state index contributed by atoms with van der Waals surface area (Å²) in [5, 5.41) is 4.72. The predicted molar refractivity (Wildman–Crippen MR) is 121 cm³/mol. The van der Waals surface area contributed by atoms with E-state index in [-0.39, 0.29) is 5.91 Å². The number of amides is 1. The highest BCUT2D eigenvalue weighted by Gasteiger charge is 2.27. The van der Waals surface area contributed by atoms with Crippen molar-refractivity contribution in [3.05, 3.63) is 44.8 Å². The lowest BCUT2D eigenvalue weighted by molar-refractivity contribution is 0.0927. The van der Waals surface area contributed by atoms with Gasteiger partial charge in [-0.25, -0.2) is 4.99 Å². The van der Waals surface area contributed by atoms with Crippen molar-refractivity contribution in [2.75, 3.05) is 7.11 Å². The van der Waals surface area contributed by atoms with Crippen molar-refractivity contribution in [1.29, 1.82) is 0 Å². The first-order chi connectivity index (χ1) is 14.2. The van der Waals surface area contributed by atoms with Gasteiger partial charge in [0.15, 0.2) is 0 Å². The van der Waals surface area contributed by atoms with Gasteiger partial charge in [-0.05, 0) is 62.3 Å². The zero-order chi connectivity index (χ0) is 20.2. The van der Waals surface area contributed by atoms with Crippen molar-refractivity contribution < 1.29 is 9.53 Å². The molecular formula is C23H27ClN2O2S. The van der Waals surface area contributed by atoms with Gasteiger partial charge in [-0.1, -0.05) is 30.9 Å². The van der Waals surface area contributed by atoms with Crippen molar-refractivity contribution in [3.8, 4) is 5.75 Å². The number of nitrogens with one attached hydrogen (secondary N) is 1. The van der Waals surface area contributed by atoms with Gasteiger partial charge in [-0.15, -0.1) is 11.3 Å². The molecule has 4 nitrogen and oxygen atoms in total. The fourth-order valence-electron chi connectivity index (χ4n) is 4.32.